The van der Waals surface area contributed by atoms with Crippen molar-refractivity contribution in [1.29, 1.82) is 0 Å². The highest BCUT2D eigenvalue weighted by atomic mass is 19.1. The zero-order chi connectivity index (χ0) is 20.3. The number of para-hydroxylation sites is 2. The van der Waals surface area contributed by atoms with Gasteiger partial charge in [-0.05, 0) is 38.1 Å². The van der Waals surface area contributed by atoms with Gasteiger partial charge in [-0.25, -0.2) is 9.18 Å². The number of benzene rings is 2. The number of hydrogen-bond donors (Lipinski definition) is 1. The fourth-order valence-electron chi connectivity index (χ4n) is 2.91. The maximum atomic E-state index is 13.6. The number of fused-ring (bicyclic) bond motifs is 1. The molecule has 1 N–H and O–H groups in total. The van der Waals surface area contributed by atoms with E-state index >= 15 is 0 Å². The lowest BCUT2D eigenvalue weighted by atomic mass is 9.96. The predicted octanol–water partition coefficient (Wildman–Crippen LogP) is 3.15. The topological polar surface area (TPSA) is 75.7 Å². The first kappa shape index (κ1) is 19.3. The molecule has 2 aromatic carbocycles. The molecule has 0 bridgehead atoms. The van der Waals surface area contributed by atoms with Crippen LogP contribution < -0.4 is 10.2 Å². The quantitative estimate of drug-likeness (QED) is 0.651. The molecule has 1 aliphatic rings. The minimum atomic E-state index is -1.15. The third kappa shape index (κ3) is 3.78. The second kappa shape index (κ2) is 7.64. The number of ether oxygens (including phenoxy) is 1. The molecule has 28 heavy (non-hydrogen) atoms. The van der Waals surface area contributed by atoms with Crippen LogP contribution in [0.1, 0.15) is 19.4 Å². The molecule has 0 unspecified atom stereocenters. The van der Waals surface area contributed by atoms with Gasteiger partial charge in [-0.3, -0.25) is 14.5 Å². The monoisotopic (exact) mass is 382 g/mol. The largest absolute Gasteiger partial charge is 0.452 e. The number of nitrogens with one attached hydrogen (secondary N) is 1. The summed E-state index contributed by atoms with van der Waals surface area (Å²) < 4.78 is 18.5. The van der Waals surface area contributed by atoms with E-state index in [-0.39, 0.29) is 11.5 Å². The lowest BCUT2D eigenvalue weighted by Crippen LogP contribution is -2.59. The van der Waals surface area contributed by atoms with E-state index in [0.29, 0.717) is 11.4 Å². The lowest BCUT2D eigenvalue weighted by molar-refractivity contribution is -0.143. The summed E-state index contributed by atoms with van der Waals surface area (Å²) in [6.07, 6.45) is 2.32. The normalized spacial score (nSPS) is 15.1. The summed E-state index contributed by atoms with van der Waals surface area (Å²) in [7, 11) is 0. The van der Waals surface area contributed by atoms with Gasteiger partial charge in [0.25, 0.3) is 5.91 Å². The van der Waals surface area contributed by atoms with Crippen molar-refractivity contribution in [2.24, 2.45) is 0 Å². The molecule has 144 valence electrons. The third-order valence-corrected chi connectivity index (χ3v) is 4.40. The Morgan fingerprint density at radius 2 is 1.82 bits per heavy atom. The summed E-state index contributed by atoms with van der Waals surface area (Å²) in [4.78, 5) is 38.3. The zero-order valence-electron chi connectivity index (χ0n) is 15.4. The third-order valence-electron chi connectivity index (χ3n) is 4.40. The van der Waals surface area contributed by atoms with Crippen LogP contribution in [0.25, 0.3) is 6.08 Å². The Morgan fingerprint density at radius 1 is 1.14 bits per heavy atom. The van der Waals surface area contributed by atoms with Gasteiger partial charge in [-0.15, -0.1) is 0 Å². The van der Waals surface area contributed by atoms with Crippen molar-refractivity contribution in [1.82, 2.24) is 0 Å². The molecule has 0 saturated heterocycles. The highest BCUT2D eigenvalue weighted by Crippen LogP contribution is 2.36. The van der Waals surface area contributed by atoms with Gasteiger partial charge in [-0.2, -0.15) is 0 Å². The Balaban J connectivity index is 1.71. The summed E-state index contributed by atoms with van der Waals surface area (Å²) >= 11 is 0. The van der Waals surface area contributed by atoms with Crippen molar-refractivity contribution in [2.75, 3.05) is 16.8 Å². The number of anilines is 2. The zero-order valence-corrected chi connectivity index (χ0v) is 15.4. The Labute approximate surface area is 161 Å². The maximum Gasteiger partial charge on any atom is 0.331 e. The van der Waals surface area contributed by atoms with Crippen LogP contribution in [0.4, 0.5) is 15.8 Å². The lowest BCUT2D eigenvalue weighted by Gasteiger charge is -2.41. The fraction of sp³-hybridized carbons (Fsp3) is 0.190. The van der Waals surface area contributed by atoms with E-state index in [1.807, 2.05) is 0 Å². The number of carbonyl (C=O) groups is 3. The van der Waals surface area contributed by atoms with Crippen LogP contribution in [0.15, 0.2) is 54.6 Å². The smallest absolute Gasteiger partial charge is 0.331 e. The van der Waals surface area contributed by atoms with Crippen LogP contribution >= 0.6 is 0 Å². The van der Waals surface area contributed by atoms with Crippen LogP contribution in [0.3, 0.4) is 0 Å². The van der Waals surface area contributed by atoms with Crippen LogP contribution in [0.5, 0.6) is 0 Å². The summed E-state index contributed by atoms with van der Waals surface area (Å²) in [5.41, 5.74) is 0.107. The van der Waals surface area contributed by atoms with E-state index in [4.69, 9.17) is 4.74 Å². The van der Waals surface area contributed by atoms with E-state index in [1.165, 1.54) is 29.2 Å². The molecule has 2 aromatic rings. The molecular formula is C21H19FN2O4. The first-order chi connectivity index (χ1) is 13.3. The first-order valence-corrected chi connectivity index (χ1v) is 8.63. The average molecular weight is 382 g/mol. The van der Waals surface area contributed by atoms with E-state index in [1.54, 1.807) is 44.2 Å². The van der Waals surface area contributed by atoms with Crippen molar-refractivity contribution in [2.45, 2.75) is 19.4 Å². The van der Waals surface area contributed by atoms with Crippen molar-refractivity contribution in [3.63, 3.8) is 0 Å². The van der Waals surface area contributed by atoms with Crippen LogP contribution in [0, 0.1) is 5.82 Å². The Kier molecular flexibility index (Phi) is 5.26. The Morgan fingerprint density at radius 3 is 2.57 bits per heavy atom. The van der Waals surface area contributed by atoms with Crippen LogP contribution in [-0.2, 0) is 19.1 Å². The van der Waals surface area contributed by atoms with Crippen LogP contribution in [-0.4, -0.2) is 29.9 Å². The Hall–Kier alpha value is -3.48. The molecule has 3 rings (SSSR count). The highest BCUT2D eigenvalue weighted by Gasteiger charge is 2.43. The number of halogens is 1. The first-order valence-electron chi connectivity index (χ1n) is 8.63. The molecule has 7 heteroatoms. The van der Waals surface area contributed by atoms with Gasteiger partial charge < -0.3 is 10.1 Å². The molecule has 0 atom stereocenters. The Bertz CT molecular complexity index is 968. The van der Waals surface area contributed by atoms with Crippen molar-refractivity contribution >= 4 is 35.2 Å². The molecule has 0 saturated carbocycles. The fourth-order valence-corrected chi connectivity index (χ4v) is 2.91. The highest BCUT2D eigenvalue weighted by molar-refractivity contribution is 6.14. The molecule has 1 aliphatic heterocycles. The van der Waals surface area contributed by atoms with E-state index in [2.05, 4.69) is 5.32 Å². The molecule has 0 radical (unpaired) electrons. The van der Waals surface area contributed by atoms with Gasteiger partial charge in [0.05, 0.1) is 11.4 Å². The molecule has 0 aromatic heterocycles. The molecule has 2 amide bonds. The van der Waals surface area contributed by atoms with E-state index in [0.717, 1.165) is 6.08 Å². The van der Waals surface area contributed by atoms with E-state index in [9.17, 15) is 18.8 Å². The molecule has 0 fully saturated rings. The maximum absolute atomic E-state index is 13.6. The second-order valence-electron chi connectivity index (χ2n) is 6.72. The summed E-state index contributed by atoms with van der Waals surface area (Å²) in [5.74, 6) is -2.14. The van der Waals surface area contributed by atoms with Crippen molar-refractivity contribution < 1.29 is 23.5 Å². The molecule has 0 spiro atoms. The summed E-state index contributed by atoms with van der Waals surface area (Å²) in [6, 6.07) is 12.8. The standard InChI is InChI=1S/C21H19FN2O4/c1-21(2)20(27)23-16-9-5-6-10-17(16)24(21)18(25)13-28-19(26)12-11-14-7-3-4-8-15(14)22/h3-12H,13H2,1-2H3,(H,23,27)/b12-11+. The molecular weight excluding hydrogens is 363 g/mol. The van der Waals surface area contributed by atoms with Gasteiger partial charge in [-0.1, -0.05) is 30.3 Å². The van der Waals surface area contributed by atoms with Gasteiger partial charge in [0.15, 0.2) is 6.61 Å². The van der Waals surface area contributed by atoms with Gasteiger partial charge in [0.1, 0.15) is 11.4 Å². The number of amides is 2. The number of esters is 1. The average Bonchev–Trinajstić information content (AvgIpc) is 2.66. The van der Waals surface area contributed by atoms with Gasteiger partial charge in [0.2, 0.25) is 5.91 Å². The second-order valence-corrected chi connectivity index (χ2v) is 6.72. The predicted molar refractivity (Wildman–Crippen MR) is 103 cm³/mol. The van der Waals surface area contributed by atoms with Gasteiger partial charge >= 0.3 is 5.97 Å². The minimum absolute atomic E-state index is 0.230. The number of carbonyl (C=O) groups excluding carboxylic acids is 3. The van der Waals surface area contributed by atoms with E-state index < -0.39 is 29.8 Å². The van der Waals surface area contributed by atoms with Crippen molar-refractivity contribution in [3.8, 4) is 0 Å². The minimum Gasteiger partial charge on any atom is -0.452 e. The van der Waals surface area contributed by atoms with Gasteiger partial charge in [0, 0.05) is 11.6 Å². The summed E-state index contributed by atoms with van der Waals surface area (Å²) in [6.45, 7) is 2.66. The van der Waals surface area contributed by atoms with Crippen LogP contribution in [0.2, 0.25) is 0 Å². The molecule has 6 nitrogen and oxygen atoms in total. The number of rotatable bonds is 4. The molecule has 0 aliphatic carbocycles. The SMILES string of the molecule is CC1(C)C(=O)Nc2ccccc2N1C(=O)COC(=O)/C=C/c1ccccc1F. The molecule has 1 heterocycles. The summed E-state index contributed by atoms with van der Waals surface area (Å²) in [5, 5.41) is 2.76. The van der Waals surface area contributed by atoms with Crippen molar-refractivity contribution in [3.05, 3.63) is 66.0 Å². The number of nitrogens with zero attached hydrogens (tertiary/aromatic N) is 1. The number of hydrogen-bond acceptors (Lipinski definition) is 4.